The van der Waals surface area contributed by atoms with Crippen molar-refractivity contribution >= 4 is 11.8 Å². The van der Waals surface area contributed by atoms with Crippen LogP contribution in [0.25, 0.3) is 0 Å². The number of imide groups is 1. The van der Waals surface area contributed by atoms with E-state index in [1.54, 1.807) is 6.07 Å². The Morgan fingerprint density at radius 2 is 1.71 bits per heavy atom. The molecule has 1 N–H and O–H groups in total. The Bertz CT molecular complexity index is 550. The standard InChI is InChI=1S/C16H18FNO3/c17-13-8-4-3-7-12(13)14(19)9-18-15(20)10-5-1-2-6-11(10)16(18)21/h3-4,7-8,10-11,14,19H,1-2,5-6,9H2. The van der Waals surface area contributed by atoms with Crippen molar-refractivity contribution in [2.24, 2.45) is 11.8 Å². The topological polar surface area (TPSA) is 57.6 Å². The van der Waals surface area contributed by atoms with Crippen molar-refractivity contribution in [2.75, 3.05) is 6.54 Å². The van der Waals surface area contributed by atoms with Crippen LogP contribution < -0.4 is 0 Å². The fourth-order valence-electron chi connectivity index (χ4n) is 3.43. The van der Waals surface area contributed by atoms with Crippen LogP contribution in [-0.2, 0) is 9.59 Å². The molecule has 2 aliphatic rings. The molecule has 2 fully saturated rings. The lowest BCUT2D eigenvalue weighted by atomic mass is 9.81. The van der Waals surface area contributed by atoms with Crippen molar-refractivity contribution in [1.29, 1.82) is 0 Å². The van der Waals surface area contributed by atoms with Crippen LogP contribution >= 0.6 is 0 Å². The Labute approximate surface area is 122 Å². The number of likely N-dealkylation sites (tertiary alicyclic amines) is 1. The SMILES string of the molecule is O=C1C2CCCCC2C(=O)N1CC(O)c1ccccc1F. The third-order valence-corrected chi connectivity index (χ3v) is 4.55. The normalized spacial score (nSPS) is 26.9. The van der Waals surface area contributed by atoms with E-state index in [0.717, 1.165) is 30.6 Å². The molecule has 3 unspecified atom stereocenters. The zero-order valence-corrected chi connectivity index (χ0v) is 11.7. The number of benzene rings is 1. The Hall–Kier alpha value is -1.75. The summed E-state index contributed by atoms with van der Waals surface area (Å²) in [7, 11) is 0. The third-order valence-electron chi connectivity index (χ3n) is 4.55. The molecule has 0 aromatic heterocycles. The van der Waals surface area contributed by atoms with Gasteiger partial charge in [-0.3, -0.25) is 14.5 Å². The average molecular weight is 291 g/mol. The Balaban J connectivity index is 1.77. The number of β-amino-alcohol motifs (C(OH)–C–C–N with tert-alkyl or cyclic N) is 1. The maximum absolute atomic E-state index is 13.7. The molecule has 0 radical (unpaired) electrons. The van der Waals surface area contributed by atoms with E-state index in [9.17, 15) is 19.1 Å². The second kappa shape index (κ2) is 5.56. The highest BCUT2D eigenvalue weighted by molar-refractivity contribution is 6.05. The van der Waals surface area contributed by atoms with E-state index in [1.165, 1.54) is 18.2 Å². The van der Waals surface area contributed by atoms with E-state index < -0.39 is 11.9 Å². The zero-order valence-electron chi connectivity index (χ0n) is 11.7. The summed E-state index contributed by atoms with van der Waals surface area (Å²) in [5, 5.41) is 10.1. The fraction of sp³-hybridized carbons (Fsp3) is 0.500. The van der Waals surface area contributed by atoms with E-state index in [4.69, 9.17) is 0 Å². The van der Waals surface area contributed by atoms with Crippen molar-refractivity contribution < 1.29 is 19.1 Å². The van der Waals surface area contributed by atoms with Crippen molar-refractivity contribution in [2.45, 2.75) is 31.8 Å². The molecule has 4 nitrogen and oxygen atoms in total. The minimum absolute atomic E-state index is 0.118. The second-order valence-corrected chi connectivity index (χ2v) is 5.82. The van der Waals surface area contributed by atoms with Gasteiger partial charge in [-0.15, -0.1) is 0 Å². The molecule has 1 aromatic rings. The molecule has 5 heteroatoms. The molecule has 1 saturated carbocycles. The lowest BCUT2D eigenvalue weighted by Gasteiger charge is -2.19. The lowest BCUT2D eigenvalue weighted by Crippen LogP contribution is -2.35. The van der Waals surface area contributed by atoms with Crippen molar-refractivity contribution in [1.82, 2.24) is 4.90 Å². The Morgan fingerprint density at radius 1 is 1.14 bits per heavy atom. The number of carbonyl (C=O) groups is 2. The highest BCUT2D eigenvalue weighted by atomic mass is 19.1. The number of rotatable bonds is 3. The molecular weight excluding hydrogens is 273 g/mol. The summed E-state index contributed by atoms with van der Waals surface area (Å²) in [6.45, 7) is -0.161. The summed E-state index contributed by atoms with van der Waals surface area (Å²) in [4.78, 5) is 25.7. The van der Waals surface area contributed by atoms with Gasteiger partial charge in [-0.25, -0.2) is 4.39 Å². The van der Waals surface area contributed by atoms with E-state index >= 15 is 0 Å². The van der Waals surface area contributed by atoms with Crippen LogP contribution in [0.3, 0.4) is 0 Å². The molecule has 0 bridgehead atoms. The summed E-state index contributed by atoms with van der Waals surface area (Å²) in [6, 6.07) is 5.88. The number of fused-ring (bicyclic) bond motifs is 1. The maximum Gasteiger partial charge on any atom is 0.233 e. The number of hydrogen-bond acceptors (Lipinski definition) is 3. The monoisotopic (exact) mass is 291 g/mol. The molecular formula is C16H18FNO3. The number of amides is 2. The van der Waals surface area contributed by atoms with E-state index in [1.807, 2.05) is 0 Å². The predicted octanol–water partition coefficient (Wildman–Crippen LogP) is 2.03. The first-order valence-electron chi connectivity index (χ1n) is 7.37. The Morgan fingerprint density at radius 3 is 2.29 bits per heavy atom. The summed E-state index contributed by atoms with van der Waals surface area (Å²) < 4.78 is 13.7. The summed E-state index contributed by atoms with van der Waals surface area (Å²) >= 11 is 0. The van der Waals surface area contributed by atoms with Crippen molar-refractivity contribution in [3.8, 4) is 0 Å². The first kappa shape index (κ1) is 14.2. The molecule has 21 heavy (non-hydrogen) atoms. The van der Waals surface area contributed by atoms with Gasteiger partial charge < -0.3 is 5.11 Å². The predicted molar refractivity (Wildman–Crippen MR) is 73.5 cm³/mol. The van der Waals surface area contributed by atoms with Crippen LogP contribution in [0.2, 0.25) is 0 Å². The first-order valence-corrected chi connectivity index (χ1v) is 7.37. The lowest BCUT2D eigenvalue weighted by molar-refractivity contribution is -0.141. The fourth-order valence-corrected chi connectivity index (χ4v) is 3.43. The van der Waals surface area contributed by atoms with Gasteiger partial charge in [-0.1, -0.05) is 31.0 Å². The molecule has 1 aromatic carbocycles. The van der Waals surface area contributed by atoms with Gasteiger partial charge >= 0.3 is 0 Å². The number of hydrogen-bond donors (Lipinski definition) is 1. The highest BCUT2D eigenvalue weighted by Crippen LogP contribution is 2.38. The molecule has 3 rings (SSSR count). The van der Waals surface area contributed by atoms with E-state index in [-0.39, 0.29) is 35.8 Å². The van der Waals surface area contributed by atoms with Gasteiger partial charge in [0.05, 0.1) is 24.5 Å². The minimum atomic E-state index is -1.18. The maximum atomic E-state index is 13.7. The molecule has 2 amide bonds. The zero-order chi connectivity index (χ0) is 15.0. The number of halogens is 1. The Kier molecular flexibility index (Phi) is 3.76. The van der Waals surface area contributed by atoms with Crippen molar-refractivity contribution in [3.63, 3.8) is 0 Å². The number of nitrogens with zero attached hydrogens (tertiary/aromatic N) is 1. The number of aliphatic hydroxyl groups excluding tert-OH is 1. The van der Waals surface area contributed by atoms with Crippen molar-refractivity contribution in [3.05, 3.63) is 35.6 Å². The number of carbonyl (C=O) groups excluding carboxylic acids is 2. The first-order chi connectivity index (χ1) is 10.1. The molecule has 1 aliphatic heterocycles. The average Bonchev–Trinajstić information content (AvgIpc) is 2.73. The van der Waals surface area contributed by atoms with Crippen LogP contribution in [0.5, 0.6) is 0 Å². The molecule has 3 atom stereocenters. The molecule has 112 valence electrons. The quantitative estimate of drug-likeness (QED) is 0.867. The second-order valence-electron chi connectivity index (χ2n) is 5.82. The minimum Gasteiger partial charge on any atom is -0.386 e. The largest absolute Gasteiger partial charge is 0.386 e. The summed E-state index contributed by atoms with van der Waals surface area (Å²) in [5.74, 6) is -1.42. The van der Waals surface area contributed by atoms with Crippen LogP contribution in [0.15, 0.2) is 24.3 Å². The van der Waals surface area contributed by atoms with Gasteiger partial charge in [-0.05, 0) is 18.9 Å². The number of aliphatic hydroxyl groups is 1. The van der Waals surface area contributed by atoms with Gasteiger partial charge in [0, 0.05) is 5.56 Å². The molecule has 1 saturated heterocycles. The van der Waals surface area contributed by atoms with Gasteiger partial charge in [0.2, 0.25) is 11.8 Å². The van der Waals surface area contributed by atoms with Gasteiger partial charge in [0.25, 0.3) is 0 Å². The molecule has 1 heterocycles. The van der Waals surface area contributed by atoms with Gasteiger partial charge in [0.1, 0.15) is 5.82 Å². The summed E-state index contributed by atoms with van der Waals surface area (Å²) in [6.07, 6.45) is 2.22. The van der Waals surface area contributed by atoms with E-state index in [2.05, 4.69) is 0 Å². The van der Waals surface area contributed by atoms with E-state index in [0.29, 0.717) is 0 Å². The van der Waals surface area contributed by atoms with Crippen LogP contribution in [0.1, 0.15) is 37.4 Å². The van der Waals surface area contributed by atoms with Crippen LogP contribution in [0.4, 0.5) is 4.39 Å². The smallest absolute Gasteiger partial charge is 0.233 e. The highest BCUT2D eigenvalue weighted by Gasteiger charge is 2.48. The van der Waals surface area contributed by atoms with Crippen LogP contribution in [-0.4, -0.2) is 28.4 Å². The van der Waals surface area contributed by atoms with Gasteiger partial charge in [0.15, 0.2) is 0 Å². The van der Waals surface area contributed by atoms with Gasteiger partial charge in [-0.2, -0.15) is 0 Å². The third kappa shape index (κ3) is 2.46. The van der Waals surface area contributed by atoms with Crippen LogP contribution in [0, 0.1) is 17.7 Å². The molecule has 1 aliphatic carbocycles. The molecule has 0 spiro atoms. The summed E-state index contributed by atoms with van der Waals surface area (Å²) in [5.41, 5.74) is 0.118.